The van der Waals surface area contributed by atoms with E-state index in [1.807, 2.05) is 0 Å². The molecule has 0 aromatic heterocycles. The molecule has 3 N–H and O–H groups in total. The van der Waals surface area contributed by atoms with Crippen LogP contribution < -0.4 is 11.1 Å². The number of nitrogens with two attached hydrogens (primary N) is 1. The Morgan fingerprint density at radius 3 is 2.71 bits per heavy atom. The lowest BCUT2D eigenvalue weighted by Gasteiger charge is -2.09. The summed E-state index contributed by atoms with van der Waals surface area (Å²) in [5.41, 5.74) is 5.86. The van der Waals surface area contributed by atoms with Crippen LogP contribution in [0, 0.1) is 0 Å². The van der Waals surface area contributed by atoms with E-state index < -0.39 is 6.04 Å². The van der Waals surface area contributed by atoms with Crippen LogP contribution in [0.4, 0.5) is 5.69 Å². The van der Waals surface area contributed by atoms with E-state index in [-0.39, 0.29) is 5.91 Å². The van der Waals surface area contributed by atoms with Gasteiger partial charge in [-0.05, 0) is 25.1 Å². The predicted molar refractivity (Wildman–Crippen MR) is 58.7 cm³/mol. The average Bonchev–Trinajstić information content (AvgIpc) is 2.11. The monoisotopic (exact) mass is 232 g/mol. The van der Waals surface area contributed by atoms with Crippen molar-refractivity contribution in [2.24, 2.45) is 5.73 Å². The lowest BCUT2D eigenvalue weighted by molar-refractivity contribution is -0.117. The van der Waals surface area contributed by atoms with Gasteiger partial charge < -0.3 is 11.1 Å². The van der Waals surface area contributed by atoms with Gasteiger partial charge in [0.15, 0.2) is 0 Å². The van der Waals surface area contributed by atoms with E-state index in [4.69, 9.17) is 28.9 Å². The Hall–Kier alpha value is -0.770. The molecule has 0 bridgehead atoms. The van der Waals surface area contributed by atoms with Crippen LogP contribution in [-0.2, 0) is 4.79 Å². The first-order valence-corrected chi connectivity index (χ1v) is 4.78. The summed E-state index contributed by atoms with van der Waals surface area (Å²) in [6.07, 6.45) is 0. The molecule has 1 aromatic rings. The van der Waals surface area contributed by atoms with E-state index in [2.05, 4.69) is 5.32 Å². The highest BCUT2D eigenvalue weighted by Crippen LogP contribution is 2.25. The predicted octanol–water partition coefficient (Wildman–Crippen LogP) is 2.28. The van der Waals surface area contributed by atoms with Crippen molar-refractivity contribution >= 4 is 34.8 Å². The summed E-state index contributed by atoms with van der Waals surface area (Å²) in [6, 6.07) is 4.25. The van der Waals surface area contributed by atoms with E-state index in [0.717, 1.165) is 0 Å². The number of rotatable bonds is 2. The van der Waals surface area contributed by atoms with Crippen molar-refractivity contribution in [3.63, 3.8) is 0 Å². The van der Waals surface area contributed by atoms with Crippen LogP contribution in [0.15, 0.2) is 18.2 Å². The first kappa shape index (κ1) is 11.3. The van der Waals surface area contributed by atoms with Gasteiger partial charge in [0.25, 0.3) is 0 Å². The Labute approximate surface area is 92.2 Å². The van der Waals surface area contributed by atoms with Crippen LogP contribution in [0.1, 0.15) is 6.92 Å². The van der Waals surface area contributed by atoms with Crippen molar-refractivity contribution in [3.05, 3.63) is 28.2 Å². The average molecular weight is 233 g/mol. The van der Waals surface area contributed by atoms with Gasteiger partial charge in [-0.3, -0.25) is 4.79 Å². The highest BCUT2D eigenvalue weighted by molar-refractivity contribution is 6.35. The quantitative estimate of drug-likeness (QED) is 0.823. The fourth-order valence-electron chi connectivity index (χ4n) is 0.840. The number of hydrogen-bond donors (Lipinski definition) is 2. The zero-order valence-electron chi connectivity index (χ0n) is 7.55. The molecule has 0 heterocycles. The molecule has 0 aliphatic rings. The minimum absolute atomic E-state index is 0.297. The van der Waals surface area contributed by atoms with Crippen molar-refractivity contribution in [2.45, 2.75) is 13.0 Å². The van der Waals surface area contributed by atoms with Crippen LogP contribution in [0.3, 0.4) is 0 Å². The molecule has 0 radical (unpaired) electrons. The van der Waals surface area contributed by atoms with E-state index in [1.165, 1.54) is 0 Å². The zero-order chi connectivity index (χ0) is 10.7. The van der Waals surface area contributed by atoms with Crippen molar-refractivity contribution < 1.29 is 4.79 Å². The molecule has 0 fully saturated rings. The number of benzene rings is 1. The highest BCUT2D eigenvalue weighted by atomic mass is 35.5. The number of nitrogens with one attached hydrogen (secondary N) is 1. The Morgan fingerprint density at radius 2 is 2.14 bits per heavy atom. The van der Waals surface area contributed by atoms with E-state index >= 15 is 0 Å². The number of hydrogen-bond acceptors (Lipinski definition) is 2. The first-order valence-electron chi connectivity index (χ1n) is 4.02. The van der Waals surface area contributed by atoms with Crippen LogP contribution in [0.2, 0.25) is 10.0 Å². The summed E-state index contributed by atoms with van der Waals surface area (Å²) in [4.78, 5) is 11.2. The van der Waals surface area contributed by atoms with Gasteiger partial charge in [0, 0.05) is 5.02 Å². The molecule has 14 heavy (non-hydrogen) atoms. The maximum Gasteiger partial charge on any atom is 0.241 e. The highest BCUT2D eigenvalue weighted by Gasteiger charge is 2.09. The van der Waals surface area contributed by atoms with Gasteiger partial charge in [0.05, 0.1) is 16.8 Å². The Balaban J connectivity index is 2.86. The van der Waals surface area contributed by atoms with E-state index in [0.29, 0.717) is 15.7 Å². The maximum absolute atomic E-state index is 11.2. The Kier molecular flexibility index (Phi) is 3.75. The van der Waals surface area contributed by atoms with Gasteiger partial charge in [-0.2, -0.15) is 0 Å². The van der Waals surface area contributed by atoms with E-state index in [9.17, 15) is 4.79 Å². The van der Waals surface area contributed by atoms with Crippen molar-refractivity contribution in [1.82, 2.24) is 0 Å². The molecular weight excluding hydrogens is 223 g/mol. The van der Waals surface area contributed by atoms with Gasteiger partial charge >= 0.3 is 0 Å². The minimum atomic E-state index is -0.579. The molecule has 0 aliphatic heterocycles. The fourth-order valence-corrected chi connectivity index (χ4v) is 1.18. The lowest BCUT2D eigenvalue weighted by atomic mass is 10.3. The second-order valence-electron chi connectivity index (χ2n) is 2.90. The molecule has 0 spiro atoms. The molecular formula is C9H10Cl2N2O. The van der Waals surface area contributed by atoms with Crippen molar-refractivity contribution in [3.8, 4) is 0 Å². The van der Waals surface area contributed by atoms with Crippen LogP contribution in [0.5, 0.6) is 0 Å². The molecule has 1 aromatic carbocycles. The summed E-state index contributed by atoms with van der Waals surface area (Å²) >= 11 is 11.6. The molecule has 0 unspecified atom stereocenters. The molecule has 3 nitrogen and oxygen atoms in total. The molecule has 0 saturated carbocycles. The van der Waals surface area contributed by atoms with Crippen LogP contribution >= 0.6 is 23.2 Å². The van der Waals surface area contributed by atoms with E-state index in [1.54, 1.807) is 25.1 Å². The third kappa shape index (κ3) is 2.87. The summed E-state index contributed by atoms with van der Waals surface area (Å²) in [5, 5.41) is 3.51. The third-order valence-corrected chi connectivity index (χ3v) is 2.16. The van der Waals surface area contributed by atoms with Gasteiger partial charge in [-0.1, -0.05) is 23.2 Å². The zero-order valence-corrected chi connectivity index (χ0v) is 9.06. The topological polar surface area (TPSA) is 55.1 Å². The van der Waals surface area contributed by atoms with Gasteiger partial charge in [-0.25, -0.2) is 0 Å². The van der Waals surface area contributed by atoms with Crippen LogP contribution in [0.25, 0.3) is 0 Å². The molecule has 0 saturated heterocycles. The summed E-state index contributed by atoms with van der Waals surface area (Å²) in [7, 11) is 0. The number of carbonyl (C=O) groups excluding carboxylic acids is 1. The summed E-state index contributed by atoms with van der Waals surface area (Å²) in [5.74, 6) is -0.297. The normalized spacial score (nSPS) is 12.3. The number of halogens is 2. The fraction of sp³-hybridized carbons (Fsp3) is 0.222. The standard InChI is InChI=1S/C9H10Cl2N2O/c1-5(12)9(14)13-8-4-6(10)2-3-7(8)11/h2-5H,12H2,1H3,(H,13,14)/t5-/m0/s1. The van der Waals surface area contributed by atoms with Gasteiger partial charge in [-0.15, -0.1) is 0 Å². The largest absolute Gasteiger partial charge is 0.323 e. The molecule has 0 aliphatic carbocycles. The molecule has 1 rings (SSSR count). The Bertz CT molecular complexity index is 353. The second kappa shape index (κ2) is 4.64. The number of amides is 1. The molecule has 5 heteroatoms. The summed E-state index contributed by atoms with van der Waals surface area (Å²) in [6.45, 7) is 1.59. The summed E-state index contributed by atoms with van der Waals surface area (Å²) < 4.78 is 0. The lowest BCUT2D eigenvalue weighted by Crippen LogP contribution is -2.32. The number of carbonyl (C=O) groups is 1. The first-order chi connectivity index (χ1) is 6.50. The Morgan fingerprint density at radius 1 is 1.50 bits per heavy atom. The smallest absolute Gasteiger partial charge is 0.241 e. The van der Waals surface area contributed by atoms with Crippen molar-refractivity contribution in [2.75, 3.05) is 5.32 Å². The third-order valence-electron chi connectivity index (χ3n) is 1.60. The van der Waals surface area contributed by atoms with Crippen LogP contribution in [-0.4, -0.2) is 11.9 Å². The molecule has 1 amide bonds. The minimum Gasteiger partial charge on any atom is -0.323 e. The number of anilines is 1. The second-order valence-corrected chi connectivity index (χ2v) is 3.75. The van der Waals surface area contributed by atoms with Gasteiger partial charge in [0.2, 0.25) is 5.91 Å². The molecule has 1 atom stereocenters. The van der Waals surface area contributed by atoms with Gasteiger partial charge in [0.1, 0.15) is 0 Å². The maximum atomic E-state index is 11.2. The molecule has 76 valence electrons. The SMILES string of the molecule is C[C@H](N)C(=O)Nc1cc(Cl)ccc1Cl. The van der Waals surface area contributed by atoms with Crippen molar-refractivity contribution in [1.29, 1.82) is 0 Å².